The highest BCUT2D eigenvalue weighted by atomic mass is 19.1. The van der Waals surface area contributed by atoms with E-state index < -0.39 is 35.2 Å². The molecule has 1 aromatic heterocycles. The van der Waals surface area contributed by atoms with E-state index in [4.69, 9.17) is 4.84 Å². The number of carbonyl (C=O) groups is 2. The summed E-state index contributed by atoms with van der Waals surface area (Å²) < 4.78 is 13.6. The van der Waals surface area contributed by atoms with Gasteiger partial charge in [0.1, 0.15) is 17.3 Å². The van der Waals surface area contributed by atoms with E-state index in [1.165, 1.54) is 24.3 Å². The minimum atomic E-state index is -1.40. The van der Waals surface area contributed by atoms with Crippen LogP contribution in [-0.2, 0) is 19.8 Å². The topological polar surface area (TPSA) is 62.7 Å². The number of carbonyl (C=O) groups excluding carboxylic acids is 2. The van der Waals surface area contributed by atoms with Gasteiger partial charge in [0.05, 0.1) is 11.4 Å². The molecule has 2 aliphatic rings. The number of rotatable bonds is 4. The first-order chi connectivity index (χ1) is 17.1. The molecule has 35 heavy (non-hydrogen) atoms. The van der Waals surface area contributed by atoms with Gasteiger partial charge < -0.3 is 0 Å². The first-order valence-electron chi connectivity index (χ1n) is 11.2. The molecule has 7 heteroatoms. The molecule has 2 aliphatic heterocycles. The number of halogens is 1. The minimum absolute atomic E-state index is 0.297. The van der Waals surface area contributed by atoms with Crippen LogP contribution >= 0.6 is 0 Å². The number of benzene rings is 3. The third-order valence-corrected chi connectivity index (χ3v) is 6.65. The maximum atomic E-state index is 14.5. The van der Waals surface area contributed by atoms with E-state index in [1.807, 2.05) is 66.7 Å². The average Bonchev–Trinajstić information content (AvgIpc) is 3.38. The van der Waals surface area contributed by atoms with Gasteiger partial charge in [-0.05, 0) is 53.6 Å². The van der Waals surface area contributed by atoms with Crippen molar-refractivity contribution in [1.82, 2.24) is 4.98 Å². The van der Waals surface area contributed by atoms with Crippen molar-refractivity contribution in [3.05, 3.63) is 126 Å². The molecule has 0 saturated carbocycles. The van der Waals surface area contributed by atoms with Crippen LogP contribution in [0.4, 0.5) is 15.8 Å². The molecule has 0 aliphatic carbocycles. The number of hydroxylamine groups is 1. The van der Waals surface area contributed by atoms with Crippen LogP contribution in [0.5, 0.6) is 0 Å². The van der Waals surface area contributed by atoms with Crippen molar-refractivity contribution in [2.24, 2.45) is 0 Å². The number of fused-ring (bicyclic) bond motifs is 1. The Hall–Kier alpha value is -4.36. The summed E-state index contributed by atoms with van der Waals surface area (Å²) in [5, 5.41) is 1.65. The van der Waals surface area contributed by atoms with Crippen LogP contribution in [0.2, 0.25) is 0 Å². The molecule has 3 unspecified atom stereocenters. The van der Waals surface area contributed by atoms with Crippen LogP contribution in [0.1, 0.15) is 17.2 Å². The maximum absolute atomic E-state index is 14.5. The number of hydrogen-bond donors (Lipinski definition) is 0. The molecular weight excluding hydrogens is 445 g/mol. The number of hydrogen-bond acceptors (Lipinski definition) is 5. The predicted octanol–water partition coefficient (Wildman–Crippen LogP) is 4.59. The van der Waals surface area contributed by atoms with Crippen LogP contribution in [0.25, 0.3) is 0 Å². The third kappa shape index (κ3) is 3.09. The summed E-state index contributed by atoms with van der Waals surface area (Å²) in [7, 11) is 0. The highest BCUT2D eigenvalue weighted by Crippen LogP contribution is 2.56. The molecule has 2 fully saturated rings. The van der Waals surface area contributed by atoms with Crippen molar-refractivity contribution < 1.29 is 18.8 Å². The normalized spacial score (nSPS) is 23.6. The lowest BCUT2D eigenvalue weighted by Crippen LogP contribution is -2.46. The molecule has 3 atom stereocenters. The van der Waals surface area contributed by atoms with Crippen LogP contribution in [0.3, 0.4) is 0 Å². The fraction of sp³-hybridized carbons (Fsp3) is 0.107. The number of pyridine rings is 1. The quantitative estimate of drug-likeness (QED) is 0.413. The number of imide groups is 1. The molecule has 6 nitrogen and oxygen atoms in total. The second kappa shape index (κ2) is 8.14. The first kappa shape index (κ1) is 21.2. The molecule has 6 rings (SSSR count). The Morgan fingerprint density at radius 2 is 1.49 bits per heavy atom. The zero-order valence-electron chi connectivity index (χ0n) is 18.5. The predicted molar refractivity (Wildman–Crippen MR) is 128 cm³/mol. The molecule has 4 aromatic rings. The molecular formula is C28H20FN3O3. The van der Waals surface area contributed by atoms with Gasteiger partial charge in [0.25, 0.3) is 5.91 Å². The minimum Gasteiger partial charge on any atom is -0.273 e. The van der Waals surface area contributed by atoms with Crippen molar-refractivity contribution in [1.29, 1.82) is 0 Å². The monoisotopic (exact) mass is 465 g/mol. The van der Waals surface area contributed by atoms with E-state index >= 15 is 0 Å². The molecule has 0 N–H and O–H groups in total. The van der Waals surface area contributed by atoms with Crippen molar-refractivity contribution in [2.75, 3.05) is 9.96 Å². The lowest BCUT2D eigenvalue weighted by atomic mass is 9.69. The van der Waals surface area contributed by atoms with Crippen LogP contribution in [0, 0.1) is 5.82 Å². The van der Waals surface area contributed by atoms with Gasteiger partial charge in [-0.15, -0.1) is 0 Å². The van der Waals surface area contributed by atoms with Crippen molar-refractivity contribution >= 4 is 23.2 Å². The third-order valence-electron chi connectivity index (χ3n) is 6.65. The largest absolute Gasteiger partial charge is 0.273 e. The van der Waals surface area contributed by atoms with Crippen molar-refractivity contribution in [3.63, 3.8) is 0 Å². The summed E-state index contributed by atoms with van der Waals surface area (Å²) in [6.45, 7) is 0. The number of amides is 2. The van der Waals surface area contributed by atoms with Crippen LogP contribution in [0.15, 0.2) is 109 Å². The van der Waals surface area contributed by atoms with Gasteiger partial charge in [-0.1, -0.05) is 54.6 Å². The molecule has 0 spiro atoms. The summed E-state index contributed by atoms with van der Waals surface area (Å²) >= 11 is 0. The lowest BCUT2D eigenvalue weighted by Gasteiger charge is -2.35. The van der Waals surface area contributed by atoms with Gasteiger partial charge in [-0.25, -0.2) is 14.4 Å². The Morgan fingerprint density at radius 1 is 0.800 bits per heavy atom. The Labute approximate surface area is 201 Å². The Kier molecular flexibility index (Phi) is 4.93. The van der Waals surface area contributed by atoms with E-state index in [-0.39, 0.29) is 0 Å². The zero-order chi connectivity index (χ0) is 24.0. The van der Waals surface area contributed by atoms with Gasteiger partial charge in [-0.2, -0.15) is 0 Å². The number of para-hydroxylation sites is 1. The van der Waals surface area contributed by atoms with Gasteiger partial charge in [0.2, 0.25) is 5.91 Å². The molecule has 172 valence electrons. The molecule has 3 heterocycles. The lowest BCUT2D eigenvalue weighted by molar-refractivity contribution is -0.126. The van der Waals surface area contributed by atoms with Crippen molar-refractivity contribution in [2.45, 2.75) is 17.6 Å². The highest BCUT2D eigenvalue weighted by Gasteiger charge is 2.72. The van der Waals surface area contributed by atoms with Crippen LogP contribution < -0.4 is 9.96 Å². The summed E-state index contributed by atoms with van der Waals surface area (Å²) in [6, 6.07) is 26.9. The standard InChI is InChI=1S/C28H20FN3O3/c29-21-13-15-22(16-14-21)31-26(33)25-28(27(31)34,20-9-3-1-4-10-20)24(19-8-7-17-30-18-19)32(35-25)23-11-5-2-6-12-23/h1-18,24-25H. The van der Waals surface area contributed by atoms with E-state index in [1.54, 1.807) is 23.5 Å². The van der Waals surface area contributed by atoms with Crippen LogP contribution in [-0.4, -0.2) is 22.9 Å². The first-order valence-corrected chi connectivity index (χ1v) is 11.2. The molecule has 2 saturated heterocycles. The summed E-state index contributed by atoms with van der Waals surface area (Å²) in [5.41, 5.74) is 0.988. The maximum Gasteiger partial charge on any atom is 0.267 e. The Bertz CT molecular complexity index is 1380. The Balaban J connectivity index is 1.61. The smallest absolute Gasteiger partial charge is 0.267 e. The molecule has 0 bridgehead atoms. The molecule has 3 aromatic carbocycles. The second-order valence-electron chi connectivity index (χ2n) is 8.53. The van der Waals surface area contributed by atoms with Gasteiger partial charge in [0.15, 0.2) is 6.10 Å². The second-order valence-corrected chi connectivity index (χ2v) is 8.53. The average molecular weight is 465 g/mol. The fourth-order valence-corrected chi connectivity index (χ4v) is 5.16. The van der Waals surface area contributed by atoms with E-state index in [9.17, 15) is 14.0 Å². The van der Waals surface area contributed by atoms with Gasteiger partial charge in [-0.3, -0.25) is 19.4 Å². The number of nitrogens with zero attached hydrogens (tertiary/aromatic N) is 3. The van der Waals surface area contributed by atoms with E-state index in [0.29, 0.717) is 16.9 Å². The fourth-order valence-electron chi connectivity index (χ4n) is 5.16. The summed E-state index contributed by atoms with van der Waals surface area (Å²) in [6.07, 6.45) is 2.22. The number of aromatic nitrogens is 1. The zero-order valence-corrected chi connectivity index (χ0v) is 18.5. The highest BCUT2D eigenvalue weighted by molar-refractivity contribution is 6.28. The van der Waals surface area contributed by atoms with Crippen molar-refractivity contribution in [3.8, 4) is 0 Å². The van der Waals surface area contributed by atoms with Gasteiger partial charge in [0, 0.05) is 12.4 Å². The summed E-state index contributed by atoms with van der Waals surface area (Å²) in [4.78, 5) is 40.1. The number of anilines is 2. The summed E-state index contributed by atoms with van der Waals surface area (Å²) in [5.74, 6) is -1.39. The Morgan fingerprint density at radius 3 is 2.14 bits per heavy atom. The van der Waals surface area contributed by atoms with E-state index in [2.05, 4.69) is 4.98 Å². The molecule has 2 amide bonds. The van der Waals surface area contributed by atoms with Gasteiger partial charge >= 0.3 is 0 Å². The SMILES string of the molecule is O=C1C2ON(c3ccccc3)C(c3cccnc3)C2(c2ccccc2)C(=O)N1c1ccc(F)cc1. The molecule has 0 radical (unpaired) electrons. The van der Waals surface area contributed by atoms with E-state index in [0.717, 1.165) is 10.5 Å².